The minimum atomic E-state index is 0.949. The quantitative estimate of drug-likeness (QED) is 0.238. The Morgan fingerprint density at radius 2 is 0.688 bits per heavy atom. The Kier molecular flexibility index (Phi) is 4.47. The molecule has 0 radical (unpaired) electrons. The van der Waals surface area contributed by atoms with Crippen molar-refractivity contribution in [3.8, 4) is 0 Å². The van der Waals surface area contributed by atoms with Crippen molar-refractivity contribution < 1.29 is 0 Å². The van der Waals surface area contributed by atoms with E-state index >= 15 is 0 Å². The van der Waals surface area contributed by atoms with Gasteiger partial charge in [0.15, 0.2) is 0 Å². The molecule has 150 valence electrons. The Morgan fingerprint density at radius 3 is 1.19 bits per heavy atom. The van der Waals surface area contributed by atoms with Crippen LogP contribution in [0.5, 0.6) is 0 Å². The molecule has 0 unspecified atom stereocenters. The summed E-state index contributed by atoms with van der Waals surface area (Å²) in [5.74, 6) is 0. The standard InChI is InChI=1S/C22H14.C8H6N2/c1-3-7-17-15(5-1)9-11-21-19(17)13-14-20-18-8-4-2-6-16(18)10-12-22(20)21;1-2-4-8-7(3-1)9-5-6-10-8/h1-14H;1-6H. The maximum atomic E-state index is 4.12. The molecule has 2 nitrogen and oxygen atoms in total. The van der Waals surface area contributed by atoms with Crippen LogP contribution in [0.25, 0.3) is 54.1 Å². The molecule has 1 heterocycles. The molecule has 0 aliphatic rings. The third kappa shape index (κ3) is 3.14. The van der Waals surface area contributed by atoms with Gasteiger partial charge in [0, 0.05) is 12.4 Å². The van der Waals surface area contributed by atoms with Crippen molar-refractivity contribution in [1.82, 2.24) is 9.97 Å². The third-order valence-corrected chi connectivity index (χ3v) is 6.02. The highest BCUT2D eigenvalue weighted by molar-refractivity contribution is 6.22. The Bertz CT molecular complexity index is 1570. The normalized spacial score (nSPS) is 11.1. The predicted molar refractivity (Wildman–Crippen MR) is 136 cm³/mol. The first-order valence-corrected chi connectivity index (χ1v) is 10.8. The fourth-order valence-electron chi connectivity index (χ4n) is 4.50. The highest BCUT2D eigenvalue weighted by Crippen LogP contribution is 2.34. The van der Waals surface area contributed by atoms with Gasteiger partial charge in [-0.2, -0.15) is 0 Å². The fraction of sp³-hybridized carbons (Fsp3) is 0. The number of hydrogen-bond donors (Lipinski definition) is 0. The lowest BCUT2D eigenvalue weighted by Crippen LogP contribution is -1.82. The topological polar surface area (TPSA) is 25.8 Å². The largest absolute Gasteiger partial charge is 0.253 e. The minimum Gasteiger partial charge on any atom is -0.253 e. The number of para-hydroxylation sites is 2. The molecule has 0 spiro atoms. The molecule has 0 N–H and O–H groups in total. The highest BCUT2D eigenvalue weighted by Gasteiger charge is 2.06. The van der Waals surface area contributed by atoms with Crippen molar-refractivity contribution in [3.05, 3.63) is 122 Å². The summed E-state index contributed by atoms with van der Waals surface area (Å²) in [7, 11) is 0. The fourth-order valence-corrected chi connectivity index (χ4v) is 4.50. The van der Waals surface area contributed by atoms with Crippen LogP contribution in [0.4, 0.5) is 0 Å². The molecule has 0 amide bonds. The van der Waals surface area contributed by atoms with E-state index in [2.05, 4.69) is 94.9 Å². The Morgan fingerprint density at radius 1 is 0.312 bits per heavy atom. The van der Waals surface area contributed by atoms with Crippen molar-refractivity contribution in [2.75, 3.05) is 0 Å². The summed E-state index contributed by atoms with van der Waals surface area (Å²) in [5.41, 5.74) is 1.90. The average Bonchev–Trinajstić information content (AvgIpc) is 2.88. The van der Waals surface area contributed by atoms with Gasteiger partial charge in [-0.3, -0.25) is 9.97 Å². The van der Waals surface area contributed by atoms with Crippen LogP contribution < -0.4 is 0 Å². The van der Waals surface area contributed by atoms with Crippen molar-refractivity contribution in [2.24, 2.45) is 0 Å². The van der Waals surface area contributed by atoms with E-state index in [-0.39, 0.29) is 0 Å². The van der Waals surface area contributed by atoms with E-state index in [1.807, 2.05) is 24.3 Å². The van der Waals surface area contributed by atoms with Crippen molar-refractivity contribution in [2.45, 2.75) is 0 Å². The third-order valence-electron chi connectivity index (χ3n) is 6.02. The summed E-state index contributed by atoms with van der Waals surface area (Å²) in [4.78, 5) is 8.24. The van der Waals surface area contributed by atoms with Gasteiger partial charge < -0.3 is 0 Å². The molecule has 0 aliphatic carbocycles. The number of nitrogens with zero attached hydrogens (tertiary/aromatic N) is 2. The van der Waals surface area contributed by atoms with Crippen LogP contribution in [-0.4, -0.2) is 9.97 Å². The molecule has 0 aliphatic heterocycles. The first-order chi connectivity index (χ1) is 15.9. The van der Waals surface area contributed by atoms with E-state index < -0.39 is 0 Å². The Hall–Kier alpha value is -4.30. The van der Waals surface area contributed by atoms with Gasteiger partial charge in [0.25, 0.3) is 0 Å². The lowest BCUT2D eigenvalue weighted by Gasteiger charge is -2.09. The molecule has 2 heteroatoms. The predicted octanol–water partition coefficient (Wildman–Crippen LogP) is 7.93. The molecule has 0 saturated carbocycles. The second kappa shape index (κ2) is 7.75. The van der Waals surface area contributed by atoms with Gasteiger partial charge >= 0.3 is 0 Å². The molecular weight excluding hydrogens is 388 g/mol. The maximum absolute atomic E-state index is 4.12. The van der Waals surface area contributed by atoms with Gasteiger partial charge in [0.05, 0.1) is 11.0 Å². The average molecular weight is 409 g/mol. The lowest BCUT2D eigenvalue weighted by molar-refractivity contribution is 1.29. The zero-order chi connectivity index (χ0) is 21.3. The molecule has 6 aromatic carbocycles. The van der Waals surface area contributed by atoms with Crippen LogP contribution in [0.1, 0.15) is 0 Å². The second-order valence-electron chi connectivity index (χ2n) is 7.87. The van der Waals surface area contributed by atoms with Crippen molar-refractivity contribution >= 4 is 54.1 Å². The molecule has 7 rings (SSSR count). The summed E-state index contributed by atoms with van der Waals surface area (Å²) in [5, 5.41) is 10.6. The lowest BCUT2D eigenvalue weighted by atomic mass is 9.94. The molecular formula is C30H20N2. The van der Waals surface area contributed by atoms with E-state index in [0.717, 1.165) is 11.0 Å². The molecule has 32 heavy (non-hydrogen) atoms. The van der Waals surface area contributed by atoms with Gasteiger partial charge in [-0.15, -0.1) is 0 Å². The van der Waals surface area contributed by atoms with Gasteiger partial charge in [-0.1, -0.05) is 97.1 Å². The molecule has 0 saturated heterocycles. The van der Waals surface area contributed by atoms with Crippen LogP contribution in [0.2, 0.25) is 0 Å². The summed E-state index contributed by atoms with van der Waals surface area (Å²) in [6, 6.07) is 38.5. The first-order valence-electron chi connectivity index (χ1n) is 10.8. The zero-order valence-electron chi connectivity index (χ0n) is 17.4. The summed E-state index contributed by atoms with van der Waals surface area (Å²) >= 11 is 0. The van der Waals surface area contributed by atoms with Crippen LogP contribution in [0.15, 0.2) is 122 Å². The van der Waals surface area contributed by atoms with E-state index in [1.54, 1.807) is 12.4 Å². The van der Waals surface area contributed by atoms with Crippen LogP contribution >= 0.6 is 0 Å². The number of aromatic nitrogens is 2. The molecule has 1 aromatic heterocycles. The maximum Gasteiger partial charge on any atom is 0.0886 e. The Balaban J connectivity index is 0.000000164. The number of hydrogen-bond acceptors (Lipinski definition) is 2. The van der Waals surface area contributed by atoms with Crippen molar-refractivity contribution in [3.63, 3.8) is 0 Å². The van der Waals surface area contributed by atoms with Crippen LogP contribution in [-0.2, 0) is 0 Å². The van der Waals surface area contributed by atoms with Gasteiger partial charge in [-0.05, 0) is 55.2 Å². The molecule has 7 aromatic rings. The van der Waals surface area contributed by atoms with E-state index in [1.165, 1.54) is 43.1 Å². The summed E-state index contributed by atoms with van der Waals surface area (Å²) in [6.45, 7) is 0. The van der Waals surface area contributed by atoms with E-state index in [0.29, 0.717) is 0 Å². The first kappa shape index (κ1) is 18.5. The minimum absolute atomic E-state index is 0.949. The van der Waals surface area contributed by atoms with Crippen LogP contribution in [0, 0.1) is 0 Å². The monoisotopic (exact) mass is 408 g/mol. The van der Waals surface area contributed by atoms with Crippen molar-refractivity contribution in [1.29, 1.82) is 0 Å². The molecule has 0 fully saturated rings. The zero-order valence-corrected chi connectivity index (χ0v) is 17.4. The van der Waals surface area contributed by atoms with E-state index in [9.17, 15) is 0 Å². The molecule has 0 atom stereocenters. The smallest absolute Gasteiger partial charge is 0.0886 e. The van der Waals surface area contributed by atoms with Gasteiger partial charge in [0.1, 0.15) is 0 Å². The molecule has 0 bridgehead atoms. The number of fused-ring (bicyclic) bond motifs is 8. The summed E-state index contributed by atoms with van der Waals surface area (Å²) < 4.78 is 0. The van der Waals surface area contributed by atoms with Gasteiger partial charge in [-0.25, -0.2) is 0 Å². The van der Waals surface area contributed by atoms with Gasteiger partial charge in [0.2, 0.25) is 0 Å². The second-order valence-corrected chi connectivity index (χ2v) is 7.87. The highest BCUT2D eigenvalue weighted by atomic mass is 14.8. The number of rotatable bonds is 0. The van der Waals surface area contributed by atoms with E-state index in [4.69, 9.17) is 0 Å². The van der Waals surface area contributed by atoms with Crippen LogP contribution in [0.3, 0.4) is 0 Å². The Labute approximate surface area is 185 Å². The summed E-state index contributed by atoms with van der Waals surface area (Å²) in [6.07, 6.45) is 3.39. The number of benzene rings is 6. The SMILES string of the molecule is c1ccc2c(c1)ccc1c2ccc2c3ccccc3ccc21.c1ccc2nccnc2c1.